The summed E-state index contributed by atoms with van der Waals surface area (Å²) in [5.74, 6) is 0.100. The van der Waals surface area contributed by atoms with Crippen LogP contribution in [0.2, 0.25) is 0 Å². The molecule has 1 rings (SSSR count). The average Bonchev–Trinajstić information content (AvgIpc) is 2.04. The molecule has 0 aromatic heterocycles. The van der Waals surface area contributed by atoms with Gasteiger partial charge < -0.3 is 5.32 Å². The third-order valence-corrected chi connectivity index (χ3v) is 1.82. The summed E-state index contributed by atoms with van der Waals surface area (Å²) in [5.41, 5.74) is 2.77. The Hall–Kier alpha value is -1.31. The molecule has 12 heavy (non-hydrogen) atoms. The SMILES string of the molecule is CNc1ccc(C)cc1C(C)=O. The molecule has 0 bridgehead atoms. The Morgan fingerprint density at radius 3 is 2.58 bits per heavy atom. The van der Waals surface area contributed by atoms with Gasteiger partial charge in [-0.2, -0.15) is 0 Å². The van der Waals surface area contributed by atoms with Crippen LogP contribution in [0.4, 0.5) is 5.69 Å². The summed E-state index contributed by atoms with van der Waals surface area (Å²) < 4.78 is 0. The van der Waals surface area contributed by atoms with Gasteiger partial charge in [-0.05, 0) is 26.0 Å². The monoisotopic (exact) mass is 163 g/mol. The fourth-order valence-corrected chi connectivity index (χ4v) is 1.17. The van der Waals surface area contributed by atoms with Crippen LogP contribution in [0.15, 0.2) is 18.2 Å². The Bertz CT molecular complexity index is 305. The number of Topliss-reactive ketones (excluding diaryl/α,β-unsaturated/α-hetero) is 1. The molecule has 0 amide bonds. The van der Waals surface area contributed by atoms with E-state index >= 15 is 0 Å². The zero-order chi connectivity index (χ0) is 9.14. The fourth-order valence-electron chi connectivity index (χ4n) is 1.17. The first kappa shape index (κ1) is 8.78. The Labute approximate surface area is 72.6 Å². The zero-order valence-corrected chi connectivity index (χ0v) is 7.64. The Morgan fingerprint density at radius 2 is 2.08 bits per heavy atom. The van der Waals surface area contributed by atoms with Crippen LogP contribution in [0.3, 0.4) is 0 Å². The van der Waals surface area contributed by atoms with E-state index in [9.17, 15) is 4.79 Å². The summed E-state index contributed by atoms with van der Waals surface area (Å²) in [5, 5.41) is 2.98. The van der Waals surface area contributed by atoms with Gasteiger partial charge in [0.1, 0.15) is 0 Å². The Balaban J connectivity index is 3.21. The quantitative estimate of drug-likeness (QED) is 0.677. The molecule has 2 heteroatoms. The van der Waals surface area contributed by atoms with Crippen molar-refractivity contribution in [3.8, 4) is 0 Å². The molecule has 0 spiro atoms. The lowest BCUT2D eigenvalue weighted by Gasteiger charge is -2.06. The van der Waals surface area contributed by atoms with Crippen LogP contribution < -0.4 is 5.32 Å². The van der Waals surface area contributed by atoms with Crippen LogP contribution in [-0.2, 0) is 0 Å². The smallest absolute Gasteiger partial charge is 0.161 e. The molecule has 0 atom stereocenters. The van der Waals surface area contributed by atoms with Crippen molar-refractivity contribution in [3.05, 3.63) is 29.3 Å². The van der Waals surface area contributed by atoms with E-state index in [0.29, 0.717) is 0 Å². The van der Waals surface area contributed by atoms with Gasteiger partial charge in [0, 0.05) is 18.3 Å². The highest BCUT2D eigenvalue weighted by molar-refractivity contribution is 5.99. The predicted octanol–water partition coefficient (Wildman–Crippen LogP) is 2.24. The number of nitrogens with one attached hydrogen (secondary N) is 1. The first-order valence-electron chi connectivity index (χ1n) is 3.94. The number of carbonyl (C=O) groups excluding carboxylic acids is 1. The lowest BCUT2D eigenvalue weighted by Crippen LogP contribution is -2.00. The lowest BCUT2D eigenvalue weighted by molar-refractivity contribution is 0.101. The Morgan fingerprint density at radius 1 is 1.42 bits per heavy atom. The number of ketones is 1. The van der Waals surface area contributed by atoms with Crippen LogP contribution in [0.25, 0.3) is 0 Å². The maximum atomic E-state index is 11.1. The van der Waals surface area contributed by atoms with Gasteiger partial charge in [-0.25, -0.2) is 0 Å². The average molecular weight is 163 g/mol. The van der Waals surface area contributed by atoms with Crippen LogP contribution >= 0.6 is 0 Å². The standard InChI is InChI=1S/C10H13NO/c1-7-4-5-10(11-3)9(6-7)8(2)12/h4-6,11H,1-3H3. The molecule has 0 heterocycles. The van der Waals surface area contributed by atoms with Crippen molar-refractivity contribution in [3.63, 3.8) is 0 Å². The minimum Gasteiger partial charge on any atom is -0.388 e. The molecule has 1 N–H and O–H groups in total. The highest BCUT2D eigenvalue weighted by atomic mass is 16.1. The molecule has 0 fully saturated rings. The van der Waals surface area contributed by atoms with Gasteiger partial charge in [-0.1, -0.05) is 11.6 Å². The third-order valence-electron chi connectivity index (χ3n) is 1.82. The number of hydrogen-bond acceptors (Lipinski definition) is 2. The van der Waals surface area contributed by atoms with Crippen molar-refractivity contribution in [1.82, 2.24) is 0 Å². The largest absolute Gasteiger partial charge is 0.388 e. The molecule has 0 aliphatic heterocycles. The summed E-state index contributed by atoms with van der Waals surface area (Å²) >= 11 is 0. The van der Waals surface area contributed by atoms with Crippen molar-refractivity contribution < 1.29 is 4.79 Å². The summed E-state index contributed by atoms with van der Waals surface area (Å²) in [7, 11) is 1.82. The van der Waals surface area contributed by atoms with Crippen molar-refractivity contribution >= 4 is 11.5 Å². The number of hydrogen-bond donors (Lipinski definition) is 1. The number of anilines is 1. The van der Waals surface area contributed by atoms with Crippen LogP contribution in [0, 0.1) is 6.92 Å². The van der Waals surface area contributed by atoms with E-state index in [1.165, 1.54) is 0 Å². The molecule has 0 radical (unpaired) electrons. The zero-order valence-electron chi connectivity index (χ0n) is 7.64. The van der Waals surface area contributed by atoms with Gasteiger partial charge in [-0.3, -0.25) is 4.79 Å². The van der Waals surface area contributed by atoms with E-state index in [1.807, 2.05) is 32.2 Å². The van der Waals surface area contributed by atoms with Crippen molar-refractivity contribution in [2.75, 3.05) is 12.4 Å². The predicted molar refractivity (Wildman–Crippen MR) is 50.7 cm³/mol. The van der Waals surface area contributed by atoms with E-state index in [4.69, 9.17) is 0 Å². The molecule has 1 aromatic rings. The summed E-state index contributed by atoms with van der Waals surface area (Å²) in [6.07, 6.45) is 0. The molecule has 0 aliphatic carbocycles. The molecular weight excluding hydrogens is 150 g/mol. The molecule has 0 aliphatic rings. The van der Waals surface area contributed by atoms with Gasteiger partial charge >= 0.3 is 0 Å². The Kier molecular flexibility index (Phi) is 2.48. The summed E-state index contributed by atoms with van der Waals surface area (Å²) in [6.45, 7) is 3.56. The summed E-state index contributed by atoms with van der Waals surface area (Å²) in [4.78, 5) is 11.1. The molecular formula is C10H13NO. The van der Waals surface area contributed by atoms with Crippen LogP contribution in [0.1, 0.15) is 22.8 Å². The minimum atomic E-state index is 0.100. The van der Waals surface area contributed by atoms with E-state index in [-0.39, 0.29) is 5.78 Å². The number of benzene rings is 1. The second-order valence-electron chi connectivity index (χ2n) is 2.86. The van der Waals surface area contributed by atoms with Crippen molar-refractivity contribution in [2.24, 2.45) is 0 Å². The van der Waals surface area contributed by atoms with Gasteiger partial charge in [-0.15, -0.1) is 0 Å². The summed E-state index contributed by atoms with van der Waals surface area (Å²) in [6, 6.07) is 5.80. The highest BCUT2D eigenvalue weighted by Gasteiger charge is 2.04. The van der Waals surface area contributed by atoms with E-state index in [2.05, 4.69) is 5.32 Å². The first-order valence-corrected chi connectivity index (χ1v) is 3.94. The normalized spacial score (nSPS) is 9.58. The van der Waals surface area contributed by atoms with Gasteiger partial charge in [0.2, 0.25) is 0 Å². The van der Waals surface area contributed by atoms with Gasteiger partial charge in [0.25, 0.3) is 0 Å². The van der Waals surface area contributed by atoms with E-state index in [1.54, 1.807) is 6.92 Å². The molecule has 0 saturated heterocycles. The molecule has 2 nitrogen and oxygen atoms in total. The maximum Gasteiger partial charge on any atom is 0.161 e. The number of carbonyl (C=O) groups is 1. The molecule has 1 aromatic carbocycles. The van der Waals surface area contributed by atoms with Crippen molar-refractivity contribution in [2.45, 2.75) is 13.8 Å². The van der Waals surface area contributed by atoms with E-state index < -0.39 is 0 Å². The number of rotatable bonds is 2. The number of aryl methyl sites for hydroxylation is 1. The van der Waals surface area contributed by atoms with Gasteiger partial charge in [0.05, 0.1) is 0 Å². The lowest BCUT2D eigenvalue weighted by atomic mass is 10.1. The molecule has 0 saturated carbocycles. The topological polar surface area (TPSA) is 29.1 Å². The van der Waals surface area contributed by atoms with Crippen LogP contribution in [0.5, 0.6) is 0 Å². The van der Waals surface area contributed by atoms with Gasteiger partial charge in [0.15, 0.2) is 5.78 Å². The van der Waals surface area contributed by atoms with Crippen molar-refractivity contribution in [1.29, 1.82) is 0 Å². The second kappa shape index (κ2) is 3.39. The fraction of sp³-hybridized carbons (Fsp3) is 0.300. The van der Waals surface area contributed by atoms with Crippen LogP contribution in [-0.4, -0.2) is 12.8 Å². The second-order valence-corrected chi connectivity index (χ2v) is 2.86. The van der Waals surface area contributed by atoms with E-state index in [0.717, 1.165) is 16.8 Å². The maximum absolute atomic E-state index is 11.1. The highest BCUT2D eigenvalue weighted by Crippen LogP contribution is 2.16. The first-order chi connectivity index (χ1) is 5.65. The third kappa shape index (κ3) is 1.64. The molecule has 64 valence electrons. The molecule has 0 unspecified atom stereocenters. The minimum absolute atomic E-state index is 0.100.